The van der Waals surface area contributed by atoms with E-state index in [9.17, 15) is 24.3 Å². The molecule has 10 nitrogen and oxygen atoms in total. The Morgan fingerprint density at radius 2 is 1.64 bits per heavy atom. The van der Waals surface area contributed by atoms with Crippen LogP contribution < -0.4 is 5.32 Å². The van der Waals surface area contributed by atoms with Gasteiger partial charge in [0.2, 0.25) is 11.8 Å². The van der Waals surface area contributed by atoms with Crippen molar-refractivity contribution in [3.63, 3.8) is 0 Å². The van der Waals surface area contributed by atoms with Gasteiger partial charge < -0.3 is 24.8 Å². The Labute approximate surface area is 211 Å². The molecule has 2 fully saturated rings. The van der Waals surface area contributed by atoms with Crippen molar-refractivity contribution in [1.29, 1.82) is 0 Å². The van der Waals surface area contributed by atoms with Crippen LogP contribution in [0.3, 0.4) is 0 Å². The first-order valence-electron chi connectivity index (χ1n) is 12.4. The molecule has 3 rings (SSSR count). The third-order valence-corrected chi connectivity index (χ3v) is 6.45. The fraction of sp³-hybridized carbons (Fsp3) is 0.615. The van der Waals surface area contributed by atoms with Crippen LogP contribution in [0, 0.1) is 0 Å². The molecule has 10 heteroatoms. The van der Waals surface area contributed by atoms with Crippen LogP contribution in [-0.2, 0) is 30.3 Å². The second kappa shape index (κ2) is 11.7. The molecule has 0 aliphatic carbocycles. The van der Waals surface area contributed by atoms with Crippen LogP contribution in [0.1, 0.15) is 52.0 Å². The number of hydrogen-bond acceptors (Lipinski definition) is 7. The van der Waals surface area contributed by atoms with Gasteiger partial charge in [0.1, 0.15) is 17.7 Å². The van der Waals surface area contributed by atoms with E-state index >= 15 is 0 Å². The number of carbonyl (C=O) groups excluding carboxylic acids is 4. The number of benzene rings is 1. The lowest BCUT2D eigenvalue weighted by Crippen LogP contribution is -2.56. The molecule has 36 heavy (non-hydrogen) atoms. The average Bonchev–Trinajstić information content (AvgIpc) is 3.52. The second-order valence-electron chi connectivity index (χ2n) is 10.3. The Morgan fingerprint density at radius 3 is 2.25 bits per heavy atom. The highest BCUT2D eigenvalue weighted by molar-refractivity contribution is 5.92. The van der Waals surface area contributed by atoms with Crippen LogP contribution in [0.4, 0.5) is 4.79 Å². The van der Waals surface area contributed by atoms with Gasteiger partial charge in [-0.25, -0.2) is 9.59 Å². The maximum absolute atomic E-state index is 13.5. The lowest BCUT2D eigenvalue weighted by Gasteiger charge is -2.33. The standard InChI is InChI=1S/C26H37N3O7/c1-26(2,3)36-25(34)29-15-9-13-20(29)23(32)28-14-8-12-19(28)22(31)27-18(21(30)24(33)35-4)16-17-10-6-5-7-11-17/h5-7,10-11,18-21,30H,8-9,12-16H2,1-4H3,(H,27,31)/t18?,19-,20-,21?/m0/s1. The summed E-state index contributed by atoms with van der Waals surface area (Å²) in [5, 5.41) is 13.3. The number of likely N-dealkylation sites (tertiary alicyclic amines) is 2. The number of nitrogens with one attached hydrogen (secondary N) is 1. The molecule has 0 spiro atoms. The van der Waals surface area contributed by atoms with Gasteiger partial charge >= 0.3 is 12.1 Å². The van der Waals surface area contributed by atoms with E-state index in [1.165, 1.54) is 16.9 Å². The SMILES string of the molecule is COC(=O)C(O)C(Cc1ccccc1)NC(=O)[C@@H]1CCCN1C(=O)[C@@H]1CCCN1C(=O)OC(C)(C)C. The summed E-state index contributed by atoms with van der Waals surface area (Å²) < 4.78 is 10.2. The summed E-state index contributed by atoms with van der Waals surface area (Å²) in [4.78, 5) is 54.5. The fourth-order valence-electron chi connectivity index (χ4n) is 4.73. The van der Waals surface area contributed by atoms with Crippen LogP contribution in [0.25, 0.3) is 0 Å². The van der Waals surface area contributed by atoms with Crippen LogP contribution in [0.5, 0.6) is 0 Å². The molecule has 4 atom stereocenters. The molecule has 3 amide bonds. The van der Waals surface area contributed by atoms with Gasteiger partial charge in [0, 0.05) is 13.1 Å². The Bertz CT molecular complexity index is 947. The molecule has 2 aliphatic heterocycles. The van der Waals surface area contributed by atoms with Gasteiger partial charge in [0.25, 0.3) is 0 Å². The molecule has 1 aromatic carbocycles. The largest absolute Gasteiger partial charge is 0.467 e. The Hall–Kier alpha value is -3.14. The molecule has 2 N–H and O–H groups in total. The van der Waals surface area contributed by atoms with Crippen molar-refractivity contribution in [3.05, 3.63) is 35.9 Å². The summed E-state index contributed by atoms with van der Waals surface area (Å²) in [5.74, 6) is -1.59. The third kappa shape index (κ3) is 6.75. The van der Waals surface area contributed by atoms with E-state index in [-0.39, 0.29) is 12.3 Å². The van der Waals surface area contributed by atoms with Crippen molar-refractivity contribution in [2.45, 2.75) is 82.7 Å². The lowest BCUT2D eigenvalue weighted by atomic mass is 10.0. The van der Waals surface area contributed by atoms with Gasteiger partial charge in [0.15, 0.2) is 6.10 Å². The van der Waals surface area contributed by atoms with Crippen LogP contribution in [-0.4, -0.2) is 88.8 Å². The Kier molecular flexibility index (Phi) is 8.94. The normalized spacial score (nSPS) is 21.6. The summed E-state index contributed by atoms with van der Waals surface area (Å²) in [6, 6.07) is 6.78. The Balaban J connectivity index is 1.72. The molecule has 0 saturated carbocycles. The molecule has 2 unspecified atom stereocenters. The number of nitrogens with zero attached hydrogens (tertiary/aromatic N) is 2. The van der Waals surface area contributed by atoms with Crippen molar-refractivity contribution in [3.8, 4) is 0 Å². The topological polar surface area (TPSA) is 125 Å². The molecule has 2 saturated heterocycles. The third-order valence-electron chi connectivity index (χ3n) is 6.45. The van der Waals surface area contributed by atoms with Gasteiger partial charge in [-0.15, -0.1) is 0 Å². The number of aliphatic hydroxyl groups is 1. The first-order valence-corrected chi connectivity index (χ1v) is 12.4. The smallest absolute Gasteiger partial charge is 0.410 e. The first kappa shape index (κ1) is 27.4. The van der Waals surface area contributed by atoms with Gasteiger partial charge in [-0.1, -0.05) is 30.3 Å². The highest BCUT2D eigenvalue weighted by Gasteiger charge is 2.44. The van der Waals surface area contributed by atoms with Crippen molar-refractivity contribution >= 4 is 23.9 Å². The van der Waals surface area contributed by atoms with Crippen LogP contribution in [0.15, 0.2) is 30.3 Å². The summed E-state index contributed by atoms with van der Waals surface area (Å²) >= 11 is 0. The van der Waals surface area contributed by atoms with E-state index in [4.69, 9.17) is 4.74 Å². The zero-order chi connectivity index (χ0) is 26.5. The number of ether oxygens (including phenoxy) is 2. The summed E-state index contributed by atoms with van der Waals surface area (Å²) in [7, 11) is 1.17. The van der Waals surface area contributed by atoms with Gasteiger partial charge in [-0.05, 0) is 58.4 Å². The van der Waals surface area contributed by atoms with E-state index in [2.05, 4.69) is 10.1 Å². The number of amides is 3. The van der Waals surface area contributed by atoms with Gasteiger partial charge in [-0.3, -0.25) is 14.5 Å². The predicted octanol–water partition coefficient (Wildman–Crippen LogP) is 1.64. The van der Waals surface area contributed by atoms with E-state index in [0.717, 1.165) is 5.56 Å². The van der Waals surface area contributed by atoms with Crippen molar-refractivity contribution < 1.29 is 33.8 Å². The quantitative estimate of drug-likeness (QED) is 0.542. The fourth-order valence-corrected chi connectivity index (χ4v) is 4.73. The number of methoxy groups -OCH3 is 1. The van der Waals surface area contributed by atoms with E-state index < -0.39 is 47.8 Å². The summed E-state index contributed by atoms with van der Waals surface area (Å²) in [6.07, 6.45) is 0.351. The number of carbonyl (C=O) groups is 4. The second-order valence-corrected chi connectivity index (χ2v) is 10.3. The minimum atomic E-state index is -1.57. The van der Waals surface area contributed by atoms with Crippen LogP contribution in [0.2, 0.25) is 0 Å². The van der Waals surface area contributed by atoms with E-state index in [0.29, 0.717) is 38.8 Å². The van der Waals surface area contributed by atoms with Gasteiger partial charge in [-0.2, -0.15) is 0 Å². The van der Waals surface area contributed by atoms with Crippen molar-refractivity contribution in [2.75, 3.05) is 20.2 Å². The number of rotatable bonds is 7. The molecule has 0 aromatic heterocycles. The minimum Gasteiger partial charge on any atom is -0.467 e. The molecule has 2 heterocycles. The van der Waals surface area contributed by atoms with Crippen molar-refractivity contribution in [1.82, 2.24) is 15.1 Å². The first-order chi connectivity index (χ1) is 17.0. The maximum atomic E-state index is 13.5. The van der Waals surface area contributed by atoms with E-state index in [1.807, 2.05) is 30.3 Å². The molecule has 0 radical (unpaired) electrons. The van der Waals surface area contributed by atoms with Crippen LogP contribution >= 0.6 is 0 Å². The van der Waals surface area contributed by atoms with Crippen molar-refractivity contribution in [2.24, 2.45) is 0 Å². The number of aliphatic hydroxyl groups excluding tert-OH is 1. The highest BCUT2D eigenvalue weighted by atomic mass is 16.6. The molecule has 2 aliphatic rings. The van der Waals surface area contributed by atoms with Gasteiger partial charge in [0.05, 0.1) is 13.2 Å². The Morgan fingerprint density at radius 1 is 1.03 bits per heavy atom. The summed E-state index contributed by atoms with van der Waals surface area (Å²) in [6.45, 7) is 6.12. The monoisotopic (exact) mass is 503 g/mol. The molecule has 1 aromatic rings. The summed E-state index contributed by atoms with van der Waals surface area (Å²) in [5.41, 5.74) is 0.140. The van der Waals surface area contributed by atoms with E-state index in [1.54, 1.807) is 20.8 Å². The number of esters is 1. The predicted molar refractivity (Wildman–Crippen MR) is 131 cm³/mol. The molecule has 0 bridgehead atoms. The average molecular weight is 504 g/mol. The zero-order valence-corrected chi connectivity index (χ0v) is 21.4. The number of hydrogen-bond donors (Lipinski definition) is 2. The molecule has 198 valence electrons. The molecular formula is C26H37N3O7. The highest BCUT2D eigenvalue weighted by Crippen LogP contribution is 2.26. The lowest BCUT2D eigenvalue weighted by molar-refractivity contribution is -0.153. The maximum Gasteiger partial charge on any atom is 0.410 e. The zero-order valence-electron chi connectivity index (χ0n) is 21.4. The minimum absolute atomic E-state index is 0.207. The molecular weight excluding hydrogens is 466 g/mol.